The summed E-state index contributed by atoms with van der Waals surface area (Å²) in [7, 11) is 0. The number of allylic oxidation sites excluding steroid dienone is 1. The minimum atomic E-state index is -0.685. The number of anilines is 1. The molecule has 1 aliphatic heterocycles. The highest BCUT2D eigenvalue weighted by atomic mass is 32.1. The van der Waals surface area contributed by atoms with Crippen molar-refractivity contribution >= 4 is 46.5 Å². The summed E-state index contributed by atoms with van der Waals surface area (Å²) in [5.41, 5.74) is 0.962. The molecule has 0 aliphatic carbocycles. The normalized spacial score (nSPS) is 13.5. The molecule has 0 radical (unpaired) electrons. The highest BCUT2D eigenvalue weighted by Crippen LogP contribution is 2.32. The number of non-ortho nitro benzene ring substituents is 1. The maximum atomic E-state index is 13.3. The van der Waals surface area contributed by atoms with E-state index in [4.69, 9.17) is 14.2 Å². The molecule has 0 spiro atoms. The Morgan fingerprint density at radius 3 is 2.45 bits per heavy atom. The Bertz CT molecular complexity index is 1320. The molecule has 3 rings (SSSR count). The van der Waals surface area contributed by atoms with Crippen LogP contribution in [-0.4, -0.2) is 62.2 Å². The van der Waals surface area contributed by atoms with E-state index >= 15 is 0 Å². The van der Waals surface area contributed by atoms with Crippen molar-refractivity contribution in [3.8, 4) is 6.07 Å². The van der Waals surface area contributed by atoms with Gasteiger partial charge in [-0.2, -0.15) is 5.26 Å². The van der Waals surface area contributed by atoms with Gasteiger partial charge in [-0.05, 0) is 38.5 Å². The SMILES string of the molecule is CCOC(=O)c1sc(CC(=O)/C(C#N)=C/c2cc([N+](=O)[O-])ccc2N2CCOCC2)c(C(=O)OCC)c1C. The average molecular weight is 542 g/mol. The zero-order valence-electron chi connectivity index (χ0n) is 21.3. The fraction of sp³-hybridized carbons (Fsp3) is 0.385. The van der Waals surface area contributed by atoms with Gasteiger partial charge in [0, 0.05) is 47.8 Å². The molecule has 0 unspecified atom stereocenters. The summed E-state index contributed by atoms with van der Waals surface area (Å²) in [6.07, 6.45) is 0.969. The minimum absolute atomic E-state index is 0.0925. The second-order valence-corrected chi connectivity index (χ2v) is 9.27. The number of carbonyl (C=O) groups excluding carboxylic acids is 3. The quantitative estimate of drug-likeness (QED) is 0.143. The van der Waals surface area contributed by atoms with Gasteiger partial charge in [0.2, 0.25) is 0 Å². The van der Waals surface area contributed by atoms with Crippen molar-refractivity contribution in [3.05, 3.63) is 60.3 Å². The number of nitro groups is 1. The van der Waals surface area contributed by atoms with Crippen LogP contribution in [0.5, 0.6) is 0 Å². The number of ether oxygens (including phenoxy) is 3. The summed E-state index contributed by atoms with van der Waals surface area (Å²) >= 11 is 0.939. The van der Waals surface area contributed by atoms with E-state index in [1.54, 1.807) is 26.8 Å². The second-order valence-electron chi connectivity index (χ2n) is 8.16. The zero-order chi connectivity index (χ0) is 27.8. The third-order valence-electron chi connectivity index (χ3n) is 5.78. The molecule has 0 atom stereocenters. The number of rotatable bonds is 10. The Hall–Kier alpha value is -4.08. The lowest BCUT2D eigenvalue weighted by Gasteiger charge is -2.30. The van der Waals surface area contributed by atoms with E-state index in [1.165, 1.54) is 18.2 Å². The van der Waals surface area contributed by atoms with Crippen molar-refractivity contribution in [2.45, 2.75) is 27.2 Å². The van der Waals surface area contributed by atoms with Gasteiger partial charge in [0.15, 0.2) is 5.78 Å². The van der Waals surface area contributed by atoms with Crippen LogP contribution in [0.2, 0.25) is 0 Å². The molecule has 0 saturated carbocycles. The van der Waals surface area contributed by atoms with Crippen molar-refractivity contribution in [1.82, 2.24) is 0 Å². The van der Waals surface area contributed by atoms with Gasteiger partial charge in [0.25, 0.3) is 5.69 Å². The zero-order valence-corrected chi connectivity index (χ0v) is 22.1. The lowest BCUT2D eigenvalue weighted by atomic mass is 10.0. The fourth-order valence-electron chi connectivity index (χ4n) is 3.99. The summed E-state index contributed by atoms with van der Waals surface area (Å²) < 4.78 is 15.6. The molecule has 2 aromatic rings. The number of benzene rings is 1. The van der Waals surface area contributed by atoms with E-state index in [-0.39, 0.29) is 46.2 Å². The van der Waals surface area contributed by atoms with Gasteiger partial charge in [0.05, 0.1) is 42.5 Å². The van der Waals surface area contributed by atoms with Gasteiger partial charge in [-0.1, -0.05) is 0 Å². The van der Waals surface area contributed by atoms with Gasteiger partial charge in [0.1, 0.15) is 10.9 Å². The van der Waals surface area contributed by atoms with Gasteiger partial charge >= 0.3 is 11.9 Å². The molecule has 0 amide bonds. The number of thiophene rings is 1. The van der Waals surface area contributed by atoms with E-state index in [1.807, 2.05) is 11.0 Å². The molecule has 38 heavy (non-hydrogen) atoms. The van der Waals surface area contributed by atoms with E-state index in [0.717, 1.165) is 11.3 Å². The number of hydrogen-bond donors (Lipinski definition) is 0. The molecule has 2 heterocycles. The maximum absolute atomic E-state index is 13.3. The summed E-state index contributed by atoms with van der Waals surface area (Å²) in [5, 5.41) is 21.2. The van der Waals surface area contributed by atoms with Gasteiger partial charge in [-0.3, -0.25) is 14.9 Å². The molecular formula is C26H27N3O8S. The number of hydrogen-bond acceptors (Lipinski definition) is 11. The Morgan fingerprint density at radius 2 is 1.84 bits per heavy atom. The first-order valence-electron chi connectivity index (χ1n) is 11.9. The highest BCUT2D eigenvalue weighted by molar-refractivity contribution is 7.14. The molecule has 0 N–H and O–H groups in total. The third kappa shape index (κ3) is 6.42. The van der Waals surface area contributed by atoms with E-state index in [2.05, 4.69) is 0 Å². The van der Waals surface area contributed by atoms with Crippen LogP contribution in [0.15, 0.2) is 23.8 Å². The number of Topliss-reactive ketones (excluding diaryl/α,β-unsaturated/α-hetero) is 1. The second kappa shape index (κ2) is 12.9. The van der Waals surface area contributed by atoms with Crippen molar-refractivity contribution in [2.75, 3.05) is 44.4 Å². The van der Waals surface area contributed by atoms with Crippen LogP contribution in [0.3, 0.4) is 0 Å². The Balaban J connectivity index is 2.02. The molecule has 1 saturated heterocycles. The lowest BCUT2D eigenvalue weighted by molar-refractivity contribution is -0.384. The smallest absolute Gasteiger partial charge is 0.348 e. The van der Waals surface area contributed by atoms with Gasteiger partial charge < -0.3 is 19.1 Å². The van der Waals surface area contributed by atoms with E-state index in [9.17, 15) is 29.8 Å². The number of morpholine rings is 1. The summed E-state index contributed by atoms with van der Waals surface area (Å²) in [5.74, 6) is -1.92. The number of nitro benzene ring substituents is 1. The van der Waals surface area contributed by atoms with Crippen LogP contribution in [0.1, 0.15) is 49.9 Å². The Labute approximate surface area is 223 Å². The van der Waals surface area contributed by atoms with Crippen LogP contribution >= 0.6 is 11.3 Å². The summed E-state index contributed by atoms with van der Waals surface area (Å²) in [6, 6.07) is 6.15. The highest BCUT2D eigenvalue weighted by Gasteiger charge is 2.28. The Morgan fingerprint density at radius 1 is 1.18 bits per heavy atom. The van der Waals surface area contributed by atoms with Gasteiger partial charge in [-0.15, -0.1) is 11.3 Å². The molecule has 1 aromatic carbocycles. The molecule has 1 aromatic heterocycles. The van der Waals surface area contributed by atoms with E-state index < -0.39 is 22.6 Å². The third-order valence-corrected chi connectivity index (χ3v) is 7.05. The van der Waals surface area contributed by atoms with Crippen molar-refractivity contribution in [2.24, 2.45) is 0 Å². The fourth-order valence-corrected chi connectivity index (χ4v) is 5.18. The van der Waals surface area contributed by atoms with Crippen LogP contribution in [0.25, 0.3) is 6.08 Å². The molecule has 200 valence electrons. The predicted octanol–water partition coefficient (Wildman–Crippen LogP) is 3.87. The first-order valence-corrected chi connectivity index (χ1v) is 12.8. The molecule has 1 aliphatic rings. The number of nitriles is 1. The van der Waals surface area contributed by atoms with Crippen LogP contribution in [0.4, 0.5) is 11.4 Å². The standard InChI is InChI=1S/C26H27N3O8S/c1-4-36-25(31)23-16(3)24(26(32)37-5-2)38-22(23)14-21(30)18(15-27)12-17-13-19(29(33)34)6-7-20(17)28-8-10-35-11-9-28/h6-7,12-13H,4-5,8-11,14H2,1-3H3/b18-12+. The number of esters is 2. The van der Waals surface area contributed by atoms with E-state index in [0.29, 0.717) is 43.1 Å². The van der Waals surface area contributed by atoms with Crippen molar-refractivity contribution < 1.29 is 33.5 Å². The number of carbonyl (C=O) groups is 3. The maximum Gasteiger partial charge on any atom is 0.348 e. The summed E-state index contributed by atoms with van der Waals surface area (Å²) in [4.78, 5) is 51.6. The van der Waals surface area contributed by atoms with Crippen LogP contribution in [0, 0.1) is 28.4 Å². The van der Waals surface area contributed by atoms with Gasteiger partial charge in [-0.25, -0.2) is 9.59 Å². The van der Waals surface area contributed by atoms with Crippen LogP contribution < -0.4 is 4.90 Å². The molecule has 11 nitrogen and oxygen atoms in total. The summed E-state index contributed by atoms with van der Waals surface area (Å²) in [6.45, 7) is 7.13. The molecule has 12 heteroatoms. The van der Waals surface area contributed by atoms with Crippen molar-refractivity contribution in [3.63, 3.8) is 0 Å². The first-order chi connectivity index (χ1) is 18.2. The van der Waals surface area contributed by atoms with Crippen molar-refractivity contribution in [1.29, 1.82) is 5.26 Å². The molecular weight excluding hydrogens is 514 g/mol. The minimum Gasteiger partial charge on any atom is -0.462 e. The lowest BCUT2D eigenvalue weighted by Crippen LogP contribution is -2.36. The topological polar surface area (TPSA) is 149 Å². The number of nitrogens with zero attached hydrogens (tertiary/aromatic N) is 3. The average Bonchev–Trinajstić information content (AvgIpc) is 3.23. The number of ketones is 1. The molecule has 1 fully saturated rings. The molecule has 0 bridgehead atoms. The largest absolute Gasteiger partial charge is 0.462 e. The predicted molar refractivity (Wildman–Crippen MR) is 139 cm³/mol. The Kier molecular flexibility index (Phi) is 9.70. The van der Waals surface area contributed by atoms with Crippen LogP contribution in [-0.2, 0) is 25.4 Å². The first kappa shape index (κ1) is 28.5. The monoisotopic (exact) mass is 541 g/mol.